The van der Waals surface area contributed by atoms with Crippen LogP contribution in [0.3, 0.4) is 0 Å². The van der Waals surface area contributed by atoms with Gasteiger partial charge in [-0.15, -0.1) is 0 Å². The molecule has 0 bridgehead atoms. The molecule has 0 aliphatic heterocycles. The number of hydrogen-bond donors (Lipinski definition) is 0. The highest BCUT2D eigenvalue weighted by atomic mass is 16.5. The molecule has 0 aliphatic rings. The molecule has 0 aliphatic carbocycles. The molecule has 0 saturated heterocycles. The number of rotatable bonds is 5. The van der Waals surface area contributed by atoms with Gasteiger partial charge < -0.3 is 4.74 Å². The predicted molar refractivity (Wildman–Crippen MR) is 82.8 cm³/mol. The number of nitrogens with zero attached hydrogens (tertiary/aromatic N) is 2. The van der Waals surface area contributed by atoms with Gasteiger partial charge in [-0.3, -0.25) is 4.79 Å². The molecule has 2 rings (SSSR count). The van der Waals surface area contributed by atoms with Crippen LogP contribution in [0, 0.1) is 19.8 Å². The molecule has 0 amide bonds. The van der Waals surface area contributed by atoms with E-state index in [9.17, 15) is 4.79 Å². The number of hydrogen-bond acceptors (Lipinski definition) is 3. The van der Waals surface area contributed by atoms with Gasteiger partial charge in [0.2, 0.25) is 0 Å². The molecule has 1 aromatic carbocycles. The van der Waals surface area contributed by atoms with Crippen LogP contribution < -0.4 is 4.74 Å². The molecular formula is C17H22N2O2. The molecule has 0 N–H and O–H groups in total. The summed E-state index contributed by atoms with van der Waals surface area (Å²) in [4.78, 5) is 12.4. The van der Waals surface area contributed by atoms with Crippen molar-refractivity contribution in [2.45, 2.75) is 34.1 Å². The molecule has 4 nitrogen and oxygen atoms in total. The van der Waals surface area contributed by atoms with E-state index in [1.807, 2.05) is 32.0 Å². The average Bonchev–Trinajstić information content (AvgIpc) is 2.77. The largest absolute Gasteiger partial charge is 0.494 e. The SMILES string of the molecule is Cc1cc(C)n(C(=O)c2ccc(OCCC(C)C)cc2)n1. The summed E-state index contributed by atoms with van der Waals surface area (Å²) in [5.74, 6) is 1.30. The second-order valence-electron chi connectivity index (χ2n) is 5.70. The summed E-state index contributed by atoms with van der Waals surface area (Å²) in [5, 5.41) is 4.21. The zero-order chi connectivity index (χ0) is 15.4. The summed E-state index contributed by atoms with van der Waals surface area (Å²) in [6, 6.07) is 9.12. The number of aromatic nitrogens is 2. The van der Waals surface area contributed by atoms with Gasteiger partial charge in [0.25, 0.3) is 5.91 Å². The number of benzene rings is 1. The van der Waals surface area contributed by atoms with E-state index >= 15 is 0 Å². The third-order valence-electron chi connectivity index (χ3n) is 3.27. The molecule has 0 atom stereocenters. The van der Waals surface area contributed by atoms with Gasteiger partial charge in [0, 0.05) is 11.3 Å². The maximum atomic E-state index is 12.4. The van der Waals surface area contributed by atoms with E-state index in [2.05, 4.69) is 18.9 Å². The minimum absolute atomic E-state index is 0.116. The lowest BCUT2D eigenvalue weighted by molar-refractivity contribution is 0.0942. The highest BCUT2D eigenvalue weighted by molar-refractivity contribution is 5.95. The first-order valence-electron chi connectivity index (χ1n) is 7.28. The standard InChI is InChI=1S/C17H22N2O2/c1-12(2)9-10-21-16-7-5-15(6-8-16)17(20)19-14(4)11-13(3)18-19/h5-8,11-12H,9-10H2,1-4H3. The van der Waals surface area contributed by atoms with Crippen LogP contribution in [0.1, 0.15) is 42.0 Å². The fourth-order valence-corrected chi connectivity index (χ4v) is 2.06. The van der Waals surface area contributed by atoms with Crippen molar-refractivity contribution in [1.29, 1.82) is 0 Å². The van der Waals surface area contributed by atoms with Crippen LogP contribution in [0.25, 0.3) is 0 Å². The van der Waals surface area contributed by atoms with Crippen molar-refractivity contribution in [2.24, 2.45) is 5.92 Å². The van der Waals surface area contributed by atoms with Crippen LogP contribution in [0.2, 0.25) is 0 Å². The van der Waals surface area contributed by atoms with Gasteiger partial charge >= 0.3 is 0 Å². The zero-order valence-electron chi connectivity index (χ0n) is 13.1. The Labute approximate surface area is 125 Å². The summed E-state index contributed by atoms with van der Waals surface area (Å²) in [6.45, 7) is 8.78. The van der Waals surface area contributed by atoms with Gasteiger partial charge in [-0.05, 0) is 56.5 Å². The van der Waals surface area contributed by atoms with Crippen molar-refractivity contribution in [3.8, 4) is 5.75 Å². The van der Waals surface area contributed by atoms with Crippen molar-refractivity contribution in [3.05, 3.63) is 47.3 Å². The molecule has 0 saturated carbocycles. The van der Waals surface area contributed by atoms with E-state index in [1.165, 1.54) is 4.68 Å². The first-order chi connectivity index (χ1) is 9.97. The lowest BCUT2D eigenvalue weighted by Gasteiger charge is -2.09. The Morgan fingerprint density at radius 1 is 1.24 bits per heavy atom. The zero-order valence-corrected chi connectivity index (χ0v) is 13.1. The van der Waals surface area contributed by atoms with E-state index in [1.54, 1.807) is 12.1 Å². The Balaban J connectivity index is 2.05. The maximum Gasteiger partial charge on any atom is 0.278 e. The molecule has 0 unspecified atom stereocenters. The number of carbonyl (C=O) groups is 1. The van der Waals surface area contributed by atoms with Crippen molar-refractivity contribution < 1.29 is 9.53 Å². The Morgan fingerprint density at radius 3 is 2.43 bits per heavy atom. The topological polar surface area (TPSA) is 44.1 Å². The monoisotopic (exact) mass is 286 g/mol. The average molecular weight is 286 g/mol. The van der Waals surface area contributed by atoms with Crippen LogP contribution >= 0.6 is 0 Å². The normalized spacial score (nSPS) is 10.9. The lowest BCUT2D eigenvalue weighted by Crippen LogP contribution is -2.15. The van der Waals surface area contributed by atoms with Crippen LogP contribution in [-0.2, 0) is 0 Å². The van der Waals surface area contributed by atoms with Crippen molar-refractivity contribution in [2.75, 3.05) is 6.61 Å². The van der Waals surface area contributed by atoms with Gasteiger partial charge in [0.15, 0.2) is 0 Å². The Morgan fingerprint density at radius 2 is 1.90 bits per heavy atom. The van der Waals surface area contributed by atoms with E-state index in [4.69, 9.17) is 4.74 Å². The van der Waals surface area contributed by atoms with Crippen LogP contribution in [-0.4, -0.2) is 22.3 Å². The highest BCUT2D eigenvalue weighted by Crippen LogP contribution is 2.15. The summed E-state index contributed by atoms with van der Waals surface area (Å²) in [7, 11) is 0. The molecule has 1 aromatic heterocycles. The smallest absolute Gasteiger partial charge is 0.278 e. The minimum Gasteiger partial charge on any atom is -0.494 e. The molecule has 0 spiro atoms. The summed E-state index contributed by atoms with van der Waals surface area (Å²) in [6.07, 6.45) is 1.02. The van der Waals surface area contributed by atoms with E-state index in [0.717, 1.165) is 23.6 Å². The fraction of sp³-hybridized carbons (Fsp3) is 0.412. The van der Waals surface area contributed by atoms with Gasteiger partial charge in [-0.2, -0.15) is 5.10 Å². The molecule has 0 radical (unpaired) electrons. The molecule has 4 heteroatoms. The van der Waals surface area contributed by atoms with Crippen LogP contribution in [0.4, 0.5) is 0 Å². The molecule has 21 heavy (non-hydrogen) atoms. The Hall–Kier alpha value is -2.10. The molecule has 112 valence electrons. The van der Waals surface area contributed by atoms with E-state index in [-0.39, 0.29) is 5.91 Å². The number of carbonyl (C=O) groups excluding carboxylic acids is 1. The van der Waals surface area contributed by atoms with Crippen LogP contribution in [0.5, 0.6) is 5.75 Å². The fourth-order valence-electron chi connectivity index (χ4n) is 2.06. The summed E-state index contributed by atoms with van der Waals surface area (Å²) < 4.78 is 7.09. The molecule has 0 fully saturated rings. The van der Waals surface area contributed by atoms with Gasteiger partial charge in [-0.1, -0.05) is 13.8 Å². The predicted octanol–water partition coefficient (Wildman–Crippen LogP) is 3.61. The Bertz CT molecular complexity index is 612. The van der Waals surface area contributed by atoms with Crippen molar-refractivity contribution in [1.82, 2.24) is 9.78 Å². The van der Waals surface area contributed by atoms with Gasteiger partial charge in [0.05, 0.1) is 12.3 Å². The lowest BCUT2D eigenvalue weighted by atomic mass is 10.1. The minimum atomic E-state index is -0.116. The van der Waals surface area contributed by atoms with E-state index < -0.39 is 0 Å². The third kappa shape index (κ3) is 3.94. The Kier molecular flexibility index (Phi) is 4.78. The molecule has 1 heterocycles. The quantitative estimate of drug-likeness (QED) is 0.843. The summed E-state index contributed by atoms with van der Waals surface area (Å²) >= 11 is 0. The molecular weight excluding hydrogens is 264 g/mol. The first kappa shape index (κ1) is 15.3. The molecule has 2 aromatic rings. The van der Waals surface area contributed by atoms with E-state index in [0.29, 0.717) is 18.1 Å². The number of aryl methyl sites for hydroxylation is 2. The number of ether oxygens (including phenoxy) is 1. The summed E-state index contributed by atoms with van der Waals surface area (Å²) in [5.41, 5.74) is 2.29. The van der Waals surface area contributed by atoms with Crippen molar-refractivity contribution in [3.63, 3.8) is 0 Å². The van der Waals surface area contributed by atoms with Crippen molar-refractivity contribution >= 4 is 5.91 Å². The second kappa shape index (κ2) is 6.57. The van der Waals surface area contributed by atoms with Gasteiger partial charge in [0.1, 0.15) is 5.75 Å². The third-order valence-corrected chi connectivity index (χ3v) is 3.27. The first-order valence-corrected chi connectivity index (χ1v) is 7.28. The van der Waals surface area contributed by atoms with Crippen LogP contribution in [0.15, 0.2) is 30.3 Å². The second-order valence-corrected chi connectivity index (χ2v) is 5.70. The van der Waals surface area contributed by atoms with Gasteiger partial charge in [-0.25, -0.2) is 4.68 Å². The maximum absolute atomic E-state index is 12.4. The highest BCUT2D eigenvalue weighted by Gasteiger charge is 2.12.